The number of nitrogens with one attached hydrogen (secondary N) is 2. The van der Waals surface area contributed by atoms with Gasteiger partial charge >= 0.3 is 12.0 Å². The third-order valence-electron chi connectivity index (χ3n) is 3.72. The molecular formula is C15H18N2O3S. The van der Waals surface area contributed by atoms with Gasteiger partial charge in [0.15, 0.2) is 0 Å². The van der Waals surface area contributed by atoms with Gasteiger partial charge in [-0.1, -0.05) is 6.07 Å². The molecule has 1 aromatic carbocycles. The molecule has 1 aliphatic heterocycles. The molecule has 1 atom stereocenters. The zero-order valence-corrected chi connectivity index (χ0v) is 12.5. The van der Waals surface area contributed by atoms with Gasteiger partial charge in [-0.15, -0.1) is 11.8 Å². The number of ether oxygens (including phenoxy) is 1. The number of fused-ring (bicyclic) bond motifs is 1. The number of rotatable bonds is 5. The van der Waals surface area contributed by atoms with Gasteiger partial charge in [-0.25, -0.2) is 4.79 Å². The number of carbonyl (C=O) groups excluding carboxylic acids is 2. The van der Waals surface area contributed by atoms with Crippen molar-refractivity contribution in [2.45, 2.75) is 30.2 Å². The second-order valence-corrected chi connectivity index (χ2v) is 6.36. The number of esters is 1. The lowest BCUT2D eigenvalue weighted by molar-refractivity contribution is -0.140. The number of hydrogen-bond donors (Lipinski definition) is 2. The molecule has 1 fully saturated rings. The lowest BCUT2D eigenvalue weighted by Gasteiger charge is -2.09. The average Bonchev–Trinajstić information content (AvgIpc) is 3.10. The van der Waals surface area contributed by atoms with Crippen LogP contribution in [0.25, 0.3) is 0 Å². The number of aryl methyl sites for hydroxylation is 2. The summed E-state index contributed by atoms with van der Waals surface area (Å²) in [5.74, 6) is 0.0500. The number of amides is 2. The first-order valence-electron chi connectivity index (χ1n) is 7.15. The maximum atomic E-state index is 11.7. The Hall–Kier alpha value is -1.69. The number of urea groups is 1. The molecule has 1 heterocycles. The zero-order chi connectivity index (χ0) is 14.7. The van der Waals surface area contributed by atoms with Crippen LogP contribution in [-0.4, -0.2) is 36.9 Å². The smallest absolute Gasteiger partial charge is 0.316 e. The predicted molar refractivity (Wildman–Crippen MR) is 80.5 cm³/mol. The number of carbonyl (C=O) groups is 2. The SMILES string of the molecule is O=C1NC[C@H](COC(=O)CSc2ccc3c(c2)CCC3)N1. The maximum Gasteiger partial charge on any atom is 0.316 e. The highest BCUT2D eigenvalue weighted by Gasteiger charge is 2.21. The van der Waals surface area contributed by atoms with Crippen LogP contribution in [0, 0.1) is 0 Å². The zero-order valence-electron chi connectivity index (χ0n) is 11.7. The van der Waals surface area contributed by atoms with E-state index in [1.165, 1.54) is 35.7 Å². The van der Waals surface area contributed by atoms with Gasteiger partial charge in [0.25, 0.3) is 0 Å². The minimum atomic E-state index is -0.248. The first-order valence-corrected chi connectivity index (χ1v) is 8.14. The highest BCUT2D eigenvalue weighted by molar-refractivity contribution is 8.00. The van der Waals surface area contributed by atoms with Gasteiger partial charge in [0.05, 0.1) is 11.8 Å². The highest BCUT2D eigenvalue weighted by atomic mass is 32.2. The van der Waals surface area contributed by atoms with Gasteiger partial charge in [-0.3, -0.25) is 4.79 Å². The Morgan fingerprint density at radius 3 is 3.00 bits per heavy atom. The molecular weight excluding hydrogens is 288 g/mol. The van der Waals surface area contributed by atoms with E-state index in [0.717, 1.165) is 11.3 Å². The van der Waals surface area contributed by atoms with Crippen molar-refractivity contribution in [3.8, 4) is 0 Å². The quantitative estimate of drug-likeness (QED) is 0.639. The molecule has 3 rings (SSSR count). The normalized spacial score (nSPS) is 19.8. The molecule has 0 spiro atoms. The van der Waals surface area contributed by atoms with Crippen molar-refractivity contribution in [3.05, 3.63) is 29.3 Å². The fourth-order valence-corrected chi connectivity index (χ4v) is 3.38. The second kappa shape index (κ2) is 6.39. The summed E-state index contributed by atoms with van der Waals surface area (Å²) in [6.07, 6.45) is 3.54. The number of hydrogen-bond acceptors (Lipinski definition) is 4. The maximum absolute atomic E-state index is 11.7. The lowest BCUT2D eigenvalue weighted by atomic mass is 10.1. The molecule has 5 nitrogen and oxygen atoms in total. The van der Waals surface area contributed by atoms with Crippen LogP contribution >= 0.6 is 11.8 Å². The Morgan fingerprint density at radius 2 is 2.19 bits per heavy atom. The van der Waals surface area contributed by atoms with Gasteiger partial charge in [0.2, 0.25) is 0 Å². The Morgan fingerprint density at radius 1 is 1.33 bits per heavy atom. The average molecular weight is 306 g/mol. The van der Waals surface area contributed by atoms with Crippen molar-refractivity contribution >= 4 is 23.8 Å². The summed E-state index contributed by atoms with van der Waals surface area (Å²) in [7, 11) is 0. The van der Waals surface area contributed by atoms with Crippen LogP contribution in [0.4, 0.5) is 4.79 Å². The number of thioether (sulfide) groups is 1. The van der Waals surface area contributed by atoms with E-state index in [1.807, 2.05) is 0 Å². The summed E-state index contributed by atoms with van der Waals surface area (Å²) in [5.41, 5.74) is 2.85. The Bertz CT molecular complexity index is 562. The first-order chi connectivity index (χ1) is 10.2. The molecule has 1 aromatic rings. The van der Waals surface area contributed by atoms with Crippen LogP contribution in [0.2, 0.25) is 0 Å². The van der Waals surface area contributed by atoms with Gasteiger partial charge < -0.3 is 15.4 Å². The minimum Gasteiger partial charge on any atom is -0.463 e. The summed E-state index contributed by atoms with van der Waals surface area (Å²) < 4.78 is 5.17. The van der Waals surface area contributed by atoms with Crippen LogP contribution < -0.4 is 10.6 Å². The van der Waals surface area contributed by atoms with Crippen LogP contribution in [0.3, 0.4) is 0 Å². The third kappa shape index (κ3) is 3.69. The predicted octanol–water partition coefficient (Wildman–Crippen LogP) is 1.49. The van der Waals surface area contributed by atoms with E-state index in [2.05, 4.69) is 28.8 Å². The van der Waals surface area contributed by atoms with E-state index < -0.39 is 0 Å². The van der Waals surface area contributed by atoms with Gasteiger partial charge in [0, 0.05) is 11.4 Å². The van der Waals surface area contributed by atoms with Gasteiger partial charge in [-0.05, 0) is 42.5 Å². The second-order valence-electron chi connectivity index (χ2n) is 5.31. The summed E-state index contributed by atoms with van der Waals surface area (Å²) in [6.45, 7) is 0.729. The van der Waals surface area contributed by atoms with E-state index in [9.17, 15) is 9.59 Å². The Kier molecular flexibility index (Phi) is 4.34. The molecule has 0 aromatic heterocycles. The lowest BCUT2D eigenvalue weighted by Crippen LogP contribution is -2.32. The summed E-state index contributed by atoms with van der Waals surface area (Å²) >= 11 is 1.50. The molecule has 2 N–H and O–H groups in total. The molecule has 0 saturated carbocycles. The van der Waals surface area contributed by atoms with Crippen LogP contribution in [0.5, 0.6) is 0 Å². The Labute approximate surface area is 127 Å². The van der Waals surface area contributed by atoms with Crippen LogP contribution in [0.1, 0.15) is 17.5 Å². The van der Waals surface area contributed by atoms with Crippen molar-refractivity contribution in [2.75, 3.05) is 18.9 Å². The minimum absolute atomic E-state index is 0.119. The van der Waals surface area contributed by atoms with E-state index in [4.69, 9.17) is 4.74 Å². The third-order valence-corrected chi connectivity index (χ3v) is 4.68. The van der Waals surface area contributed by atoms with Gasteiger partial charge in [0.1, 0.15) is 6.61 Å². The first kappa shape index (κ1) is 14.3. The molecule has 1 aliphatic carbocycles. The topological polar surface area (TPSA) is 67.4 Å². The van der Waals surface area contributed by atoms with Crippen LogP contribution in [-0.2, 0) is 22.4 Å². The van der Waals surface area contributed by atoms with E-state index in [1.54, 1.807) is 0 Å². The van der Waals surface area contributed by atoms with Crippen molar-refractivity contribution in [1.29, 1.82) is 0 Å². The molecule has 1 saturated heterocycles. The molecule has 112 valence electrons. The van der Waals surface area contributed by atoms with E-state index in [-0.39, 0.29) is 24.6 Å². The number of benzene rings is 1. The summed E-state index contributed by atoms with van der Waals surface area (Å²) in [4.78, 5) is 23.8. The van der Waals surface area contributed by atoms with Crippen molar-refractivity contribution in [3.63, 3.8) is 0 Å². The van der Waals surface area contributed by atoms with Crippen molar-refractivity contribution < 1.29 is 14.3 Å². The Balaban J connectivity index is 1.42. The largest absolute Gasteiger partial charge is 0.463 e. The molecule has 0 bridgehead atoms. The fourth-order valence-electron chi connectivity index (χ4n) is 2.62. The molecule has 0 radical (unpaired) electrons. The molecule has 6 heteroatoms. The molecule has 0 unspecified atom stereocenters. The van der Waals surface area contributed by atoms with E-state index in [0.29, 0.717) is 12.3 Å². The van der Waals surface area contributed by atoms with E-state index >= 15 is 0 Å². The molecule has 2 amide bonds. The fraction of sp³-hybridized carbons (Fsp3) is 0.467. The standard InChI is InChI=1S/C15H18N2O3S/c18-14(20-8-12-7-16-15(19)17-12)9-21-13-5-4-10-2-1-3-11(10)6-13/h4-6,12H,1-3,7-9H2,(H2,16,17,19)/t12-/m1/s1. The summed E-state index contributed by atoms with van der Waals surface area (Å²) in [5, 5.41) is 5.31. The van der Waals surface area contributed by atoms with Gasteiger partial charge in [-0.2, -0.15) is 0 Å². The van der Waals surface area contributed by atoms with Crippen molar-refractivity contribution in [2.24, 2.45) is 0 Å². The summed E-state index contributed by atoms with van der Waals surface area (Å²) in [6, 6.07) is 6.09. The molecule has 2 aliphatic rings. The monoisotopic (exact) mass is 306 g/mol. The highest BCUT2D eigenvalue weighted by Crippen LogP contribution is 2.27. The van der Waals surface area contributed by atoms with Crippen molar-refractivity contribution in [1.82, 2.24) is 10.6 Å². The molecule has 21 heavy (non-hydrogen) atoms. The van der Waals surface area contributed by atoms with Crippen LogP contribution in [0.15, 0.2) is 23.1 Å².